The van der Waals surface area contributed by atoms with Gasteiger partial charge in [-0.2, -0.15) is 0 Å². The average molecular weight is 249 g/mol. The second-order valence-corrected chi connectivity index (χ2v) is 4.97. The summed E-state index contributed by atoms with van der Waals surface area (Å²) in [5.74, 6) is 0.158. The van der Waals surface area contributed by atoms with Gasteiger partial charge in [-0.3, -0.25) is 4.79 Å². The van der Waals surface area contributed by atoms with Gasteiger partial charge in [0.2, 0.25) is 0 Å². The van der Waals surface area contributed by atoms with Crippen LogP contribution in [0.25, 0.3) is 0 Å². The molecule has 0 amide bonds. The molecule has 1 rings (SSSR count). The van der Waals surface area contributed by atoms with Gasteiger partial charge in [0.05, 0.1) is 6.61 Å². The highest BCUT2D eigenvalue weighted by molar-refractivity contribution is 5.83. The first-order valence-corrected chi connectivity index (χ1v) is 6.49. The molecule has 0 spiro atoms. The Morgan fingerprint density at radius 3 is 2.39 bits per heavy atom. The van der Waals surface area contributed by atoms with Gasteiger partial charge in [-0.15, -0.1) is 0 Å². The fourth-order valence-electron chi connectivity index (χ4n) is 2.33. The number of hydrogen-bond donors (Lipinski definition) is 1. The number of nitrogens with two attached hydrogens (primary N) is 1. The van der Waals surface area contributed by atoms with E-state index in [9.17, 15) is 4.79 Å². The minimum atomic E-state index is -0.717. The minimum absolute atomic E-state index is 0.215. The van der Waals surface area contributed by atoms with Crippen molar-refractivity contribution in [3.8, 4) is 0 Å². The summed E-state index contributed by atoms with van der Waals surface area (Å²) in [6, 6.07) is 9.70. The Hall–Kier alpha value is -1.35. The first-order valence-electron chi connectivity index (χ1n) is 6.49. The molecule has 1 aromatic rings. The van der Waals surface area contributed by atoms with Crippen LogP contribution in [0, 0.1) is 5.92 Å². The number of esters is 1. The van der Waals surface area contributed by atoms with Gasteiger partial charge in [0.25, 0.3) is 0 Å². The molecule has 0 aromatic heterocycles. The number of benzene rings is 1. The fraction of sp³-hybridized carbons (Fsp3) is 0.533. The van der Waals surface area contributed by atoms with Crippen molar-refractivity contribution in [2.75, 3.05) is 13.2 Å². The maximum atomic E-state index is 12.3. The fourth-order valence-corrected chi connectivity index (χ4v) is 2.33. The molecule has 0 fully saturated rings. The molecule has 100 valence electrons. The molecule has 18 heavy (non-hydrogen) atoms. The van der Waals surface area contributed by atoms with E-state index in [1.807, 2.05) is 37.3 Å². The van der Waals surface area contributed by atoms with Crippen LogP contribution in [0.4, 0.5) is 0 Å². The van der Waals surface area contributed by atoms with Crippen molar-refractivity contribution in [1.82, 2.24) is 0 Å². The lowest BCUT2D eigenvalue weighted by atomic mass is 9.74. The van der Waals surface area contributed by atoms with Crippen molar-refractivity contribution in [1.29, 1.82) is 0 Å². The van der Waals surface area contributed by atoms with E-state index < -0.39 is 5.41 Å². The molecule has 3 nitrogen and oxygen atoms in total. The zero-order valence-electron chi connectivity index (χ0n) is 11.5. The van der Waals surface area contributed by atoms with E-state index in [1.54, 1.807) is 0 Å². The summed E-state index contributed by atoms with van der Waals surface area (Å²) in [5.41, 5.74) is 6.15. The van der Waals surface area contributed by atoms with Gasteiger partial charge in [0.1, 0.15) is 5.41 Å². The highest BCUT2D eigenvalue weighted by Gasteiger charge is 2.40. The maximum Gasteiger partial charge on any atom is 0.317 e. The largest absolute Gasteiger partial charge is 0.465 e. The average Bonchev–Trinajstić information content (AvgIpc) is 2.37. The van der Waals surface area contributed by atoms with E-state index in [-0.39, 0.29) is 12.5 Å². The molecule has 0 aliphatic carbocycles. The lowest BCUT2D eigenvalue weighted by Gasteiger charge is -2.32. The number of carbonyl (C=O) groups excluding carboxylic acids is 1. The predicted octanol–water partition coefficient (Wildman–Crippen LogP) is 2.49. The van der Waals surface area contributed by atoms with Crippen molar-refractivity contribution in [3.05, 3.63) is 35.9 Å². The molecule has 1 unspecified atom stereocenters. The Bertz CT molecular complexity index is 375. The van der Waals surface area contributed by atoms with Crippen molar-refractivity contribution in [2.24, 2.45) is 11.7 Å². The number of hydrogen-bond acceptors (Lipinski definition) is 3. The van der Waals surface area contributed by atoms with Crippen LogP contribution < -0.4 is 5.73 Å². The minimum Gasteiger partial charge on any atom is -0.465 e. The van der Waals surface area contributed by atoms with Gasteiger partial charge in [0.15, 0.2) is 0 Å². The second-order valence-electron chi connectivity index (χ2n) is 4.97. The smallest absolute Gasteiger partial charge is 0.317 e. The van der Waals surface area contributed by atoms with E-state index >= 15 is 0 Å². The SMILES string of the molecule is CCOC(=O)C(CN)(CC(C)C)c1ccccc1. The molecule has 0 saturated heterocycles. The summed E-state index contributed by atoms with van der Waals surface area (Å²) in [6.07, 6.45) is 0.701. The molecule has 0 bridgehead atoms. The topological polar surface area (TPSA) is 52.3 Å². The van der Waals surface area contributed by atoms with E-state index in [0.29, 0.717) is 18.9 Å². The summed E-state index contributed by atoms with van der Waals surface area (Å²) < 4.78 is 5.23. The van der Waals surface area contributed by atoms with Crippen molar-refractivity contribution in [3.63, 3.8) is 0 Å². The normalized spacial score (nSPS) is 14.3. The highest BCUT2D eigenvalue weighted by Crippen LogP contribution is 2.32. The second kappa shape index (κ2) is 6.55. The van der Waals surface area contributed by atoms with Crippen LogP contribution in [-0.4, -0.2) is 19.1 Å². The predicted molar refractivity (Wildman–Crippen MR) is 73.3 cm³/mol. The number of rotatable bonds is 6. The molecule has 0 radical (unpaired) electrons. The Labute approximate surface area is 109 Å². The summed E-state index contributed by atoms with van der Waals surface area (Å²) in [5, 5.41) is 0. The molecule has 2 N–H and O–H groups in total. The molecular weight excluding hydrogens is 226 g/mol. The van der Waals surface area contributed by atoms with Gasteiger partial charge >= 0.3 is 5.97 Å². The van der Waals surface area contributed by atoms with Crippen molar-refractivity contribution in [2.45, 2.75) is 32.6 Å². The van der Waals surface area contributed by atoms with Crippen molar-refractivity contribution >= 4 is 5.97 Å². The van der Waals surface area contributed by atoms with Gasteiger partial charge in [-0.1, -0.05) is 44.2 Å². The molecule has 0 aliphatic rings. The third kappa shape index (κ3) is 3.10. The van der Waals surface area contributed by atoms with Crippen LogP contribution in [0.5, 0.6) is 0 Å². The molecule has 0 saturated carbocycles. The molecule has 1 atom stereocenters. The summed E-state index contributed by atoms with van der Waals surface area (Å²) in [4.78, 5) is 12.3. The Kier molecular flexibility index (Phi) is 5.35. The van der Waals surface area contributed by atoms with Gasteiger partial charge in [-0.05, 0) is 24.8 Å². The van der Waals surface area contributed by atoms with E-state index in [2.05, 4.69) is 13.8 Å². The van der Waals surface area contributed by atoms with E-state index in [0.717, 1.165) is 5.56 Å². The van der Waals surface area contributed by atoms with E-state index in [4.69, 9.17) is 10.5 Å². The first kappa shape index (κ1) is 14.7. The summed E-state index contributed by atoms with van der Waals surface area (Å²) in [7, 11) is 0. The van der Waals surface area contributed by atoms with Crippen LogP contribution in [0.15, 0.2) is 30.3 Å². The molecule has 1 aromatic carbocycles. The zero-order chi connectivity index (χ0) is 13.6. The molecule has 0 aliphatic heterocycles. The first-order chi connectivity index (χ1) is 8.56. The van der Waals surface area contributed by atoms with Crippen LogP contribution in [-0.2, 0) is 14.9 Å². The number of ether oxygens (including phenoxy) is 1. The quantitative estimate of drug-likeness (QED) is 0.788. The molecule has 3 heteroatoms. The highest BCUT2D eigenvalue weighted by atomic mass is 16.5. The Morgan fingerprint density at radius 2 is 1.94 bits per heavy atom. The lowest BCUT2D eigenvalue weighted by molar-refractivity contribution is -0.150. The van der Waals surface area contributed by atoms with Gasteiger partial charge < -0.3 is 10.5 Å². The van der Waals surface area contributed by atoms with E-state index in [1.165, 1.54) is 0 Å². The molecule has 0 heterocycles. The molecular formula is C15H23NO2. The third-order valence-electron chi connectivity index (χ3n) is 3.10. The zero-order valence-corrected chi connectivity index (χ0v) is 11.5. The lowest BCUT2D eigenvalue weighted by Crippen LogP contribution is -2.45. The van der Waals surface area contributed by atoms with Crippen LogP contribution in [0.1, 0.15) is 32.8 Å². The van der Waals surface area contributed by atoms with Gasteiger partial charge in [-0.25, -0.2) is 0 Å². The number of carbonyl (C=O) groups is 1. The van der Waals surface area contributed by atoms with Crippen molar-refractivity contribution < 1.29 is 9.53 Å². The summed E-state index contributed by atoms with van der Waals surface area (Å²) in [6.45, 7) is 6.65. The van der Waals surface area contributed by atoms with Gasteiger partial charge in [0, 0.05) is 6.54 Å². The maximum absolute atomic E-state index is 12.3. The van der Waals surface area contributed by atoms with Crippen LogP contribution in [0.3, 0.4) is 0 Å². The standard InChI is InChI=1S/C15H23NO2/c1-4-18-14(17)15(11-16,10-12(2)3)13-8-6-5-7-9-13/h5-9,12H,4,10-11,16H2,1-3H3. The Balaban J connectivity index is 3.18. The Morgan fingerprint density at radius 1 is 1.33 bits per heavy atom. The monoisotopic (exact) mass is 249 g/mol. The third-order valence-corrected chi connectivity index (χ3v) is 3.10. The van der Waals surface area contributed by atoms with Crippen LogP contribution in [0.2, 0.25) is 0 Å². The summed E-state index contributed by atoms with van der Waals surface area (Å²) >= 11 is 0. The van der Waals surface area contributed by atoms with Crippen LogP contribution >= 0.6 is 0 Å².